The van der Waals surface area contributed by atoms with E-state index in [1.54, 1.807) is 12.4 Å². The predicted molar refractivity (Wildman–Crippen MR) is 103 cm³/mol. The number of pyridine rings is 1. The van der Waals surface area contributed by atoms with Gasteiger partial charge in [0.05, 0.1) is 5.69 Å². The fourth-order valence-electron chi connectivity index (χ4n) is 3.15. The lowest BCUT2D eigenvalue weighted by atomic mass is 10.2. The van der Waals surface area contributed by atoms with Crippen LogP contribution in [0.5, 0.6) is 0 Å². The van der Waals surface area contributed by atoms with E-state index in [-0.39, 0.29) is 13.1 Å². The molecule has 0 N–H and O–H groups in total. The second-order valence-electron chi connectivity index (χ2n) is 6.48. The standard InChI is InChI=1S/C19H17F2N5O2S/c20-15-1-3-18(16(21)13-15)29(27,28)26-11-9-25(10-12-26)19-4-2-17(23-24-19)14-5-7-22-8-6-14/h1-8,13H,9-12H2. The Bertz CT molecular complexity index is 1100. The maximum absolute atomic E-state index is 13.9. The van der Waals surface area contributed by atoms with Crippen molar-refractivity contribution in [1.82, 2.24) is 19.5 Å². The van der Waals surface area contributed by atoms with Crippen molar-refractivity contribution in [3.05, 3.63) is 66.5 Å². The van der Waals surface area contributed by atoms with Gasteiger partial charge in [0.15, 0.2) is 5.82 Å². The fraction of sp³-hybridized carbons (Fsp3) is 0.211. The fourth-order valence-corrected chi connectivity index (χ4v) is 4.62. The number of aromatic nitrogens is 3. The molecule has 0 atom stereocenters. The second kappa shape index (κ2) is 7.80. The molecule has 0 amide bonds. The molecule has 0 bridgehead atoms. The molecule has 0 aliphatic carbocycles. The third-order valence-electron chi connectivity index (χ3n) is 4.70. The molecule has 1 aromatic carbocycles. The van der Waals surface area contributed by atoms with Crippen molar-refractivity contribution >= 4 is 15.8 Å². The minimum Gasteiger partial charge on any atom is -0.352 e. The third-order valence-corrected chi connectivity index (χ3v) is 6.63. The summed E-state index contributed by atoms with van der Waals surface area (Å²) in [7, 11) is -4.03. The van der Waals surface area contributed by atoms with Crippen LogP contribution in [0.1, 0.15) is 0 Å². The highest BCUT2D eigenvalue weighted by Gasteiger charge is 2.31. The first-order valence-corrected chi connectivity index (χ1v) is 10.3. The first-order chi connectivity index (χ1) is 13.9. The molecule has 0 radical (unpaired) electrons. The van der Waals surface area contributed by atoms with E-state index in [1.807, 2.05) is 29.2 Å². The molecular weight excluding hydrogens is 400 g/mol. The highest BCUT2D eigenvalue weighted by Crippen LogP contribution is 2.23. The molecule has 0 unspecified atom stereocenters. The molecule has 0 spiro atoms. The minimum atomic E-state index is -4.03. The monoisotopic (exact) mass is 417 g/mol. The van der Waals surface area contributed by atoms with E-state index < -0.39 is 26.6 Å². The predicted octanol–water partition coefficient (Wildman–Crippen LogP) is 2.33. The Hall–Kier alpha value is -2.98. The second-order valence-corrected chi connectivity index (χ2v) is 8.38. The van der Waals surface area contributed by atoms with Gasteiger partial charge < -0.3 is 4.90 Å². The molecule has 150 valence electrons. The molecule has 1 saturated heterocycles. The number of piperazine rings is 1. The SMILES string of the molecule is O=S(=O)(c1ccc(F)cc1F)N1CCN(c2ccc(-c3ccncc3)nn2)CC1. The van der Waals surface area contributed by atoms with Gasteiger partial charge >= 0.3 is 0 Å². The molecule has 0 saturated carbocycles. The number of rotatable bonds is 4. The van der Waals surface area contributed by atoms with E-state index in [2.05, 4.69) is 15.2 Å². The molecule has 29 heavy (non-hydrogen) atoms. The average Bonchev–Trinajstić information content (AvgIpc) is 2.74. The van der Waals surface area contributed by atoms with E-state index in [0.717, 1.165) is 17.7 Å². The minimum absolute atomic E-state index is 0.160. The number of halogens is 2. The number of hydrogen-bond acceptors (Lipinski definition) is 6. The summed E-state index contributed by atoms with van der Waals surface area (Å²) >= 11 is 0. The Morgan fingerprint density at radius 1 is 0.862 bits per heavy atom. The van der Waals surface area contributed by atoms with Crippen molar-refractivity contribution in [2.24, 2.45) is 0 Å². The van der Waals surface area contributed by atoms with E-state index >= 15 is 0 Å². The smallest absolute Gasteiger partial charge is 0.246 e. The number of benzene rings is 1. The topological polar surface area (TPSA) is 79.3 Å². The zero-order chi connectivity index (χ0) is 20.4. The van der Waals surface area contributed by atoms with Crippen molar-refractivity contribution in [1.29, 1.82) is 0 Å². The van der Waals surface area contributed by atoms with Gasteiger partial charge in [0.2, 0.25) is 10.0 Å². The van der Waals surface area contributed by atoms with Crippen molar-refractivity contribution in [3.63, 3.8) is 0 Å². The number of nitrogens with zero attached hydrogens (tertiary/aromatic N) is 5. The van der Waals surface area contributed by atoms with Crippen LogP contribution >= 0.6 is 0 Å². The summed E-state index contributed by atoms with van der Waals surface area (Å²) in [5, 5.41) is 8.46. The number of anilines is 1. The van der Waals surface area contributed by atoms with Crippen molar-refractivity contribution in [2.45, 2.75) is 4.90 Å². The Morgan fingerprint density at radius 2 is 1.59 bits per heavy atom. The van der Waals surface area contributed by atoms with Gasteiger partial charge in [-0.05, 0) is 36.4 Å². The van der Waals surface area contributed by atoms with Crippen molar-refractivity contribution in [3.8, 4) is 11.3 Å². The summed E-state index contributed by atoms with van der Waals surface area (Å²) in [5.74, 6) is -1.28. The van der Waals surface area contributed by atoms with Crippen molar-refractivity contribution < 1.29 is 17.2 Å². The number of sulfonamides is 1. The van der Waals surface area contributed by atoms with Gasteiger partial charge in [0, 0.05) is 50.2 Å². The van der Waals surface area contributed by atoms with Gasteiger partial charge in [-0.15, -0.1) is 10.2 Å². The lowest BCUT2D eigenvalue weighted by Gasteiger charge is -2.34. The van der Waals surface area contributed by atoms with Crippen LogP contribution in [-0.2, 0) is 10.0 Å². The Morgan fingerprint density at radius 3 is 2.21 bits per heavy atom. The Kier molecular flexibility index (Phi) is 5.20. The van der Waals surface area contributed by atoms with Crippen LogP contribution in [0, 0.1) is 11.6 Å². The van der Waals surface area contributed by atoms with Gasteiger partial charge in [-0.2, -0.15) is 4.31 Å². The molecule has 3 heterocycles. The van der Waals surface area contributed by atoms with Crippen molar-refractivity contribution in [2.75, 3.05) is 31.1 Å². The van der Waals surface area contributed by atoms with Gasteiger partial charge in [0.25, 0.3) is 0 Å². The zero-order valence-electron chi connectivity index (χ0n) is 15.2. The highest BCUT2D eigenvalue weighted by molar-refractivity contribution is 7.89. The summed E-state index contributed by atoms with van der Waals surface area (Å²) in [5.41, 5.74) is 1.61. The molecule has 10 heteroatoms. The summed E-state index contributed by atoms with van der Waals surface area (Å²) in [6.07, 6.45) is 3.35. The van der Waals surface area contributed by atoms with Gasteiger partial charge in [-0.3, -0.25) is 4.98 Å². The maximum Gasteiger partial charge on any atom is 0.246 e. The van der Waals surface area contributed by atoms with Crippen LogP contribution in [-0.4, -0.2) is 54.1 Å². The van der Waals surface area contributed by atoms with E-state index in [1.165, 1.54) is 4.31 Å². The maximum atomic E-state index is 13.9. The van der Waals surface area contributed by atoms with Gasteiger partial charge in [-0.25, -0.2) is 17.2 Å². The summed E-state index contributed by atoms with van der Waals surface area (Å²) in [6, 6.07) is 9.80. The first kappa shape index (κ1) is 19.3. The van der Waals surface area contributed by atoms with E-state index in [0.29, 0.717) is 30.7 Å². The summed E-state index contributed by atoms with van der Waals surface area (Å²) in [4.78, 5) is 5.36. The lowest BCUT2D eigenvalue weighted by molar-refractivity contribution is 0.381. The van der Waals surface area contributed by atoms with Crippen LogP contribution in [0.2, 0.25) is 0 Å². The molecular formula is C19H17F2N5O2S. The molecule has 1 aliphatic heterocycles. The van der Waals surface area contributed by atoms with E-state index in [4.69, 9.17) is 0 Å². The number of hydrogen-bond donors (Lipinski definition) is 0. The van der Waals surface area contributed by atoms with Crippen LogP contribution in [0.25, 0.3) is 11.3 Å². The molecule has 4 rings (SSSR count). The largest absolute Gasteiger partial charge is 0.352 e. The first-order valence-electron chi connectivity index (χ1n) is 8.89. The molecule has 1 aliphatic rings. The quantitative estimate of drug-likeness (QED) is 0.648. The molecule has 2 aromatic heterocycles. The Balaban J connectivity index is 1.45. The van der Waals surface area contributed by atoms with Crippen LogP contribution < -0.4 is 4.90 Å². The Labute approximate surface area is 166 Å². The highest BCUT2D eigenvalue weighted by atomic mass is 32.2. The van der Waals surface area contributed by atoms with Crippen LogP contribution in [0.3, 0.4) is 0 Å². The normalized spacial score (nSPS) is 15.4. The van der Waals surface area contributed by atoms with Crippen LogP contribution in [0.4, 0.5) is 14.6 Å². The summed E-state index contributed by atoms with van der Waals surface area (Å²) in [6.45, 7) is 1.08. The molecule has 3 aromatic rings. The van der Waals surface area contributed by atoms with Crippen LogP contribution in [0.15, 0.2) is 59.8 Å². The lowest BCUT2D eigenvalue weighted by Crippen LogP contribution is -2.49. The van der Waals surface area contributed by atoms with Gasteiger partial charge in [0.1, 0.15) is 16.5 Å². The zero-order valence-corrected chi connectivity index (χ0v) is 16.1. The summed E-state index contributed by atoms with van der Waals surface area (Å²) < 4.78 is 53.6. The van der Waals surface area contributed by atoms with E-state index in [9.17, 15) is 17.2 Å². The van der Waals surface area contributed by atoms with Gasteiger partial charge in [-0.1, -0.05) is 0 Å². The third kappa shape index (κ3) is 3.94. The molecule has 7 nitrogen and oxygen atoms in total. The molecule has 1 fully saturated rings. The average molecular weight is 417 g/mol.